The van der Waals surface area contributed by atoms with Crippen LogP contribution in [0, 0.1) is 17.0 Å². The number of hydrogen-bond donors (Lipinski definition) is 1. The summed E-state index contributed by atoms with van der Waals surface area (Å²) in [6.07, 6.45) is 1.44. The summed E-state index contributed by atoms with van der Waals surface area (Å²) in [5.74, 6) is 0.546. The maximum atomic E-state index is 11.1. The van der Waals surface area contributed by atoms with Crippen molar-refractivity contribution in [3.63, 3.8) is 0 Å². The standard InChI is InChI=1S/C14H14N2O5/c1-9-5-6-15-14(13(9)16(18)19)21-11-4-3-10(8-17)7-12(11)20-2/h3-7,17H,8H2,1-2H3. The predicted octanol–water partition coefficient (Wildman–Crippen LogP) is 2.59. The molecule has 1 aromatic carbocycles. The molecule has 2 rings (SSSR count). The van der Waals surface area contributed by atoms with Crippen molar-refractivity contribution in [2.75, 3.05) is 7.11 Å². The number of aryl methyl sites for hydroxylation is 1. The van der Waals surface area contributed by atoms with E-state index in [1.54, 1.807) is 25.1 Å². The Morgan fingerprint density at radius 2 is 2.10 bits per heavy atom. The fourth-order valence-electron chi connectivity index (χ4n) is 1.82. The van der Waals surface area contributed by atoms with Crippen LogP contribution in [0.1, 0.15) is 11.1 Å². The first kappa shape index (κ1) is 14.7. The van der Waals surface area contributed by atoms with E-state index in [1.807, 2.05) is 0 Å². The van der Waals surface area contributed by atoms with Crippen LogP contribution in [-0.4, -0.2) is 22.1 Å². The number of aliphatic hydroxyl groups excluding tert-OH is 1. The van der Waals surface area contributed by atoms with Gasteiger partial charge in [0.15, 0.2) is 11.5 Å². The number of benzene rings is 1. The Balaban J connectivity index is 2.43. The fourth-order valence-corrected chi connectivity index (χ4v) is 1.82. The van der Waals surface area contributed by atoms with E-state index in [0.717, 1.165) is 0 Å². The van der Waals surface area contributed by atoms with Gasteiger partial charge in [-0.1, -0.05) is 6.07 Å². The molecule has 0 fully saturated rings. The van der Waals surface area contributed by atoms with Gasteiger partial charge >= 0.3 is 5.69 Å². The minimum atomic E-state index is -0.535. The second-order valence-electron chi connectivity index (χ2n) is 4.28. The van der Waals surface area contributed by atoms with Gasteiger partial charge in [0.2, 0.25) is 0 Å². The van der Waals surface area contributed by atoms with Gasteiger partial charge in [0.05, 0.1) is 18.6 Å². The summed E-state index contributed by atoms with van der Waals surface area (Å²) in [6, 6.07) is 6.34. The number of ether oxygens (including phenoxy) is 2. The summed E-state index contributed by atoms with van der Waals surface area (Å²) in [6.45, 7) is 1.47. The van der Waals surface area contributed by atoms with Gasteiger partial charge in [0.25, 0.3) is 5.88 Å². The zero-order valence-corrected chi connectivity index (χ0v) is 11.6. The first-order valence-electron chi connectivity index (χ1n) is 6.12. The third-order valence-electron chi connectivity index (χ3n) is 2.89. The van der Waals surface area contributed by atoms with Crippen molar-refractivity contribution in [2.24, 2.45) is 0 Å². The number of aromatic nitrogens is 1. The Hall–Kier alpha value is -2.67. The van der Waals surface area contributed by atoms with Crippen LogP contribution in [0.5, 0.6) is 17.4 Å². The fraction of sp³-hybridized carbons (Fsp3) is 0.214. The molecule has 0 atom stereocenters. The molecule has 7 heteroatoms. The van der Waals surface area contributed by atoms with E-state index in [4.69, 9.17) is 14.6 Å². The van der Waals surface area contributed by atoms with Crippen molar-refractivity contribution in [1.29, 1.82) is 0 Å². The van der Waals surface area contributed by atoms with Crippen molar-refractivity contribution in [1.82, 2.24) is 4.98 Å². The van der Waals surface area contributed by atoms with E-state index in [9.17, 15) is 10.1 Å². The first-order valence-corrected chi connectivity index (χ1v) is 6.12. The summed E-state index contributed by atoms with van der Waals surface area (Å²) in [5.41, 5.74) is 0.910. The molecular formula is C14H14N2O5. The molecule has 0 unspecified atom stereocenters. The zero-order valence-electron chi connectivity index (χ0n) is 11.6. The molecule has 0 bridgehead atoms. The van der Waals surface area contributed by atoms with Crippen LogP contribution in [0.2, 0.25) is 0 Å². The Morgan fingerprint density at radius 3 is 2.71 bits per heavy atom. The molecule has 110 valence electrons. The molecule has 1 aromatic heterocycles. The molecule has 0 radical (unpaired) electrons. The monoisotopic (exact) mass is 290 g/mol. The lowest BCUT2D eigenvalue weighted by atomic mass is 10.2. The van der Waals surface area contributed by atoms with Gasteiger partial charge in [-0.3, -0.25) is 10.1 Å². The summed E-state index contributed by atoms with van der Waals surface area (Å²) < 4.78 is 10.7. The first-order chi connectivity index (χ1) is 10.1. The summed E-state index contributed by atoms with van der Waals surface area (Å²) in [7, 11) is 1.45. The molecule has 7 nitrogen and oxygen atoms in total. The third kappa shape index (κ3) is 3.09. The average molecular weight is 290 g/mol. The van der Waals surface area contributed by atoms with Crippen molar-refractivity contribution in [2.45, 2.75) is 13.5 Å². The quantitative estimate of drug-likeness (QED) is 0.671. The van der Waals surface area contributed by atoms with E-state index >= 15 is 0 Å². The van der Waals surface area contributed by atoms with Crippen LogP contribution in [0.15, 0.2) is 30.5 Å². The largest absolute Gasteiger partial charge is 0.493 e. The van der Waals surface area contributed by atoms with Crippen LogP contribution in [0.3, 0.4) is 0 Å². The zero-order chi connectivity index (χ0) is 15.4. The van der Waals surface area contributed by atoms with Crippen molar-refractivity contribution < 1.29 is 19.5 Å². The summed E-state index contributed by atoms with van der Waals surface area (Å²) >= 11 is 0. The van der Waals surface area contributed by atoms with Crippen molar-refractivity contribution >= 4 is 5.69 Å². The molecule has 2 aromatic rings. The molecule has 0 spiro atoms. The number of hydrogen-bond acceptors (Lipinski definition) is 6. The van der Waals surface area contributed by atoms with Crippen LogP contribution >= 0.6 is 0 Å². The molecule has 0 saturated carbocycles. The highest BCUT2D eigenvalue weighted by atomic mass is 16.6. The molecule has 21 heavy (non-hydrogen) atoms. The molecule has 0 aliphatic rings. The van der Waals surface area contributed by atoms with Crippen LogP contribution in [0.4, 0.5) is 5.69 Å². The number of aliphatic hydroxyl groups is 1. The summed E-state index contributed by atoms with van der Waals surface area (Å²) in [4.78, 5) is 14.5. The SMILES string of the molecule is COc1cc(CO)ccc1Oc1nccc(C)c1[N+](=O)[O-]. The van der Waals surface area contributed by atoms with Gasteiger partial charge in [0.1, 0.15) is 0 Å². The van der Waals surface area contributed by atoms with E-state index in [0.29, 0.717) is 16.9 Å². The highest BCUT2D eigenvalue weighted by molar-refractivity contribution is 5.51. The Morgan fingerprint density at radius 1 is 1.33 bits per heavy atom. The Labute approximate surface area is 120 Å². The van der Waals surface area contributed by atoms with Crippen LogP contribution in [0.25, 0.3) is 0 Å². The number of nitrogens with zero attached hydrogens (tertiary/aromatic N) is 2. The molecule has 1 heterocycles. The smallest absolute Gasteiger partial charge is 0.334 e. The normalized spacial score (nSPS) is 10.2. The minimum Gasteiger partial charge on any atom is -0.493 e. The highest BCUT2D eigenvalue weighted by Crippen LogP contribution is 2.36. The van der Waals surface area contributed by atoms with Crippen molar-refractivity contribution in [3.05, 3.63) is 51.7 Å². The number of methoxy groups -OCH3 is 1. The third-order valence-corrected chi connectivity index (χ3v) is 2.89. The van der Waals surface area contributed by atoms with Gasteiger partial charge in [-0.15, -0.1) is 0 Å². The molecule has 0 aliphatic heterocycles. The number of pyridine rings is 1. The maximum absolute atomic E-state index is 11.1. The van der Waals surface area contributed by atoms with E-state index in [2.05, 4.69) is 4.98 Å². The lowest BCUT2D eigenvalue weighted by Gasteiger charge is -2.11. The number of nitro groups is 1. The Bertz CT molecular complexity index is 672. The Kier molecular flexibility index (Phi) is 4.34. The van der Waals surface area contributed by atoms with Crippen LogP contribution < -0.4 is 9.47 Å². The second kappa shape index (κ2) is 6.19. The van der Waals surface area contributed by atoms with Crippen molar-refractivity contribution in [3.8, 4) is 17.4 Å². The lowest BCUT2D eigenvalue weighted by molar-refractivity contribution is -0.386. The molecule has 0 saturated heterocycles. The van der Waals surface area contributed by atoms with Gasteiger partial charge in [-0.25, -0.2) is 4.98 Å². The molecule has 1 N–H and O–H groups in total. The average Bonchev–Trinajstić information content (AvgIpc) is 2.47. The van der Waals surface area contributed by atoms with E-state index in [1.165, 1.54) is 19.4 Å². The molecule has 0 amide bonds. The topological polar surface area (TPSA) is 94.7 Å². The van der Waals surface area contributed by atoms with Gasteiger partial charge in [-0.05, 0) is 30.7 Å². The van der Waals surface area contributed by atoms with Gasteiger partial charge < -0.3 is 14.6 Å². The number of rotatable bonds is 5. The predicted molar refractivity (Wildman–Crippen MR) is 74.6 cm³/mol. The van der Waals surface area contributed by atoms with E-state index in [-0.39, 0.29) is 23.9 Å². The lowest BCUT2D eigenvalue weighted by Crippen LogP contribution is -1.99. The van der Waals surface area contributed by atoms with Crippen LogP contribution in [-0.2, 0) is 6.61 Å². The molecule has 0 aliphatic carbocycles. The highest BCUT2D eigenvalue weighted by Gasteiger charge is 2.21. The van der Waals surface area contributed by atoms with Gasteiger partial charge in [0, 0.05) is 11.8 Å². The second-order valence-corrected chi connectivity index (χ2v) is 4.28. The molecular weight excluding hydrogens is 276 g/mol. The summed E-state index contributed by atoms with van der Waals surface area (Å²) in [5, 5.41) is 20.2. The van der Waals surface area contributed by atoms with E-state index < -0.39 is 4.92 Å². The minimum absolute atomic E-state index is 0.102. The van der Waals surface area contributed by atoms with Gasteiger partial charge in [-0.2, -0.15) is 0 Å². The maximum Gasteiger partial charge on any atom is 0.334 e.